The number of amides is 1. The van der Waals surface area contributed by atoms with Crippen molar-refractivity contribution in [3.63, 3.8) is 0 Å². The van der Waals surface area contributed by atoms with Crippen molar-refractivity contribution < 1.29 is 19.2 Å². The molecule has 2 heterocycles. The molecule has 30 heavy (non-hydrogen) atoms. The van der Waals surface area contributed by atoms with E-state index in [1.165, 1.54) is 23.4 Å². The van der Waals surface area contributed by atoms with E-state index in [9.17, 15) is 4.79 Å². The zero-order valence-electron chi connectivity index (χ0n) is 17.9. The van der Waals surface area contributed by atoms with Crippen LogP contribution in [-0.2, 0) is 4.79 Å². The van der Waals surface area contributed by atoms with Gasteiger partial charge in [-0.2, -0.15) is 0 Å². The van der Waals surface area contributed by atoms with Crippen molar-refractivity contribution in [3.8, 4) is 11.5 Å². The molecule has 2 aromatic rings. The summed E-state index contributed by atoms with van der Waals surface area (Å²) in [5.41, 5.74) is 3.25. The maximum Gasteiger partial charge on any atom is 0.279 e. The molecule has 0 aromatic heterocycles. The Morgan fingerprint density at radius 3 is 2.53 bits per heavy atom. The highest BCUT2D eigenvalue weighted by atomic mass is 16.5. The minimum Gasteiger partial charge on any atom is -0.497 e. The number of carbonyl (C=O) groups is 1. The van der Waals surface area contributed by atoms with Crippen LogP contribution in [0.3, 0.4) is 0 Å². The van der Waals surface area contributed by atoms with Gasteiger partial charge in [0.25, 0.3) is 5.91 Å². The summed E-state index contributed by atoms with van der Waals surface area (Å²) in [4.78, 5) is 16.4. The van der Waals surface area contributed by atoms with Gasteiger partial charge in [0.15, 0.2) is 6.54 Å². The van der Waals surface area contributed by atoms with Gasteiger partial charge in [0.05, 0.1) is 26.3 Å². The second kappa shape index (κ2) is 9.39. The number of quaternary nitrogens is 1. The van der Waals surface area contributed by atoms with Crippen molar-refractivity contribution in [2.45, 2.75) is 31.7 Å². The van der Waals surface area contributed by atoms with Gasteiger partial charge in [-0.25, -0.2) is 0 Å². The molecular formula is C24H32N3O3+. The predicted molar refractivity (Wildman–Crippen MR) is 119 cm³/mol. The third-order valence-corrected chi connectivity index (χ3v) is 6.31. The standard InChI is InChI=1S/C24H31N3O3/c1-29-20-11-12-21(23(16-20)30-2)22-6-5-15-27(22)17-24(28)25-18-7-9-19(10-8-18)26-13-3-4-14-26/h7-12,16,22H,3-6,13-15,17H2,1-2H3,(H,25,28)/p+1/t22-/m0/s1. The fourth-order valence-corrected chi connectivity index (χ4v) is 4.75. The van der Waals surface area contributed by atoms with E-state index in [1.807, 2.05) is 24.3 Å². The fraction of sp³-hybridized carbons (Fsp3) is 0.458. The lowest BCUT2D eigenvalue weighted by Gasteiger charge is -2.23. The van der Waals surface area contributed by atoms with Gasteiger partial charge in [-0.1, -0.05) is 0 Å². The molecule has 2 atom stereocenters. The van der Waals surface area contributed by atoms with Crippen molar-refractivity contribution in [1.82, 2.24) is 0 Å². The number of anilines is 2. The molecule has 0 saturated carbocycles. The van der Waals surface area contributed by atoms with Crippen molar-refractivity contribution in [2.24, 2.45) is 0 Å². The van der Waals surface area contributed by atoms with Gasteiger partial charge in [0, 0.05) is 43.4 Å². The Labute approximate surface area is 178 Å². The summed E-state index contributed by atoms with van der Waals surface area (Å²) in [6.45, 7) is 3.69. The molecule has 6 nitrogen and oxygen atoms in total. The molecule has 0 spiro atoms. The minimum atomic E-state index is 0.0540. The lowest BCUT2D eigenvalue weighted by molar-refractivity contribution is -0.910. The van der Waals surface area contributed by atoms with E-state index in [0.717, 1.165) is 55.2 Å². The molecule has 2 fully saturated rings. The molecule has 0 bridgehead atoms. The Morgan fingerprint density at radius 2 is 1.83 bits per heavy atom. The van der Waals surface area contributed by atoms with Crippen LogP contribution >= 0.6 is 0 Å². The average molecular weight is 411 g/mol. The Morgan fingerprint density at radius 1 is 1.07 bits per heavy atom. The summed E-state index contributed by atoms with van der Waals surface area (Å²) < 4.78 is 10.9. The summed E-state index contributed by atoms with van der Waals surface area (Å²) in [6.07, 6.45) is 4.68. The molecule has 0 radical (unpaired) electrons. The molecule has 1 unspecified atom stereocenters. The lowest BCUT2D eigenvalue weighted by atomic mass is 10.0. The molecular weight excluding hydrogens is 378 g/mol. The Bertz CT molecular complexity index is 862. The number of likely N-dealkylation sites (tertiary alicyclic amines) is 1. The van der Waals surface area contributed by atoms with E-state index in [2.05, 4.69) is 28.4 Å². The van der Waals surface area contributed by atoms with E-state index in [4.69, 9.17) is 9.47 Å². The molecule has 1 amide bonds. The van der Waals surface area contributed by atoms with Crippen LogP contribution in [0, 0.1) is 0 Å². The zero-order chi connectivity index (χ0) is 20.9. The van der Waals surface area contributed by atoms with Crippen molar-refractivity contribution in [1.29, 1.82) is 0 Å². The normalized spacial score (nSPS) is 20.9. The van der Waals surface area contributed by atoms with Crippen LogP contribution in [0.1, 0.15) is 37.3 Å². The van der Waals surface area contributed by atoms with Gasteiger partial charge in [-0.15, -0.1) is 0 Å². The topological polar surface area (TPSA) is 55.2 Å². The molecule has 2 N–H and O–H groups in total. The van der Waals surface area contributed by atoms with Gasteiger partial charge >= 0.3 is 0 Å². The predicted octanol–water partition coefficient (Wildman–Crippen LogP) is 2.66. The molecule has 2 aliphatic rings. The van der Waals surface area contributed by atoms with E-state index in [-0.39, 0.29) is 11.9 Å². The molecule has 2 aliphatic heterocycles. The quantitative estimate of drug-likeness (QED) is 0.737. The summed E-state index contributed by atoms with van der Waals surface area (Å²) in [7, 11) is 3.34. The monoisotopic (exact) mass is 410 g/mol. The van der Waals surface area contributed by atoms with Crippen LogP contribution in [-0.4, -0.2) is 46.3 Å². The molecule has 6 heteroatoms. The van der Waals surface area contributed by atoms with Crippen LogP contribution in [0.4, 0.5) is 11.4 Å². The highest BCUT2D eigenvalue weighted by molar-refractivity contribution is 5.91. The first-order chi connectivity index (χ1) is 14.7. The highest BCUT2D eigenvalue weighted by Crippen LogP contribution is 2.31. The number of nitrogens with zero attached hydrogens (tertiary/aromatic N) is 1. The van der Waals surface area contributed by atoms with Crippen molar-refractivity contribution in [3.05, 3.63) is 48.0 Å². The largest absolute Gasteiger partial charge is 0.497 e. The highest BCUT2D eigenvalue weighted by Gasteiger charge is 2.33. The SMILES string of the molecule is COc1ccc([C@@H]2CCC[NH+]2CC(=O)Nc2ccc(N3CCCC3)cc2)c(OC)c1. The van der Waals surface area contributed by atoms with Crippen LogP contribution in [0.2, 0.25) is 0 Å². The summed E-state index contributed by atoms with van der Waals surface area (Å²) in [5.74, 6) is 1.67. The second-order valence-corrected chi connectivity index (χ2v) is 8.18. The number of ether oxygens (including phenoxy) is 2. The second-order valence-electron chi connectivity index (χ2n) is 8.18. The van der Waals surface area contributed by atoms with Crippen LogP contribution in [0.15, 0.2) is 42.5 Å². The lowest BCUT2D eigenvalue weighted by Crippen LogP contribution is -3.11. The van der Waals surface area contributed by atoms with Gasteiger partial charge < -0.3 is 24.6 Å². The summed E-state index contributed by atoms with van der Waals surface area (Å²) in [6, 6.07) is 14.5. The van der Waals surface area contributed by atoms with Gasteiger partial charge in [-0.05, 0) is 49.2 Å². The van der Waals surface area contributed by atoms with Gasteiger partial charge in [-0.3, -0.25) is 4.79 Å². The third-order valence-electron chi connectivity index (χ3n) is 6.31. The number of nitrogens with one attached hydrogen (secondary N) is 2. The van der Waals surface area contributed by atoms with E-state index >= 15 is 0 Å². The maximum absolute atomic E-state index is 12.7. The number of hydrogen-bond donors (Lipinski definition) is 2. The molecule has 2 saturated heterocycles. The smallest absolute Gasteiger partial charge is 0.279 e. The van der Waals surface area contributed by atoms with Crippen molar-refractivity contribution in [2.75, 3.05) is 50.6 Å². The van der Waals surface area contributed by atoms with Crippen LogP contribution < -0.4 is 24.6 Å². The van der Waals surface area contributed by atoms with E-state index in [0.29, 0.717) is 6.54 Å². The third kappa shape index (κ3) is 4.54. The number of benzene rings is 2. The minimum absolute atomic E-state index is 0.0540. The van der Waals surface area contributed by atoms with E-state index < -0.39 is 0 Å². The number of rotatable bonds is 7. The first kappa shape index (κ1) is 20.5. The number of methoxy groups -OCH3 is 2. The molecule has 2 aromatic carbocycles. The Kier molecular flexibility index (Phi) is 6.43. The van der Waals surface area contributed by atoms with Gasteiger partial charge in [0.1, 0.15) is 17.5 Å². The fourth-order valence-electron chi connectivity index (χ4n) is 4.75. The Balaban J connectivity index is 1.39. The molecule has 160 valence electrons. The first-order valence-corrected chi connectivity index (χ1v) is 10.9. The van der Waals surface area contributed by atoms with Crippen molar-refractivity contribution >= 4 is 17.3 Å². The molecule has 4 rings (SSSR count). The zero-order valence-corrected chi connectivity index (χ0v) is 17.9. The summed E-state index contributed by atoms with van der Waals surface area (Å²) in [5, 5.41) is 3.08. The van der Waals surface area contributed by atoms with E-state index in [1.54, 1.807) is 14.2 Å². The van der Waals surface area contributed by atoms with Crippen LogP contribution in [0.25, 0.3) is 0 Å². The Hall–Kier alpha value is -2.73. The number of hydrogen-bond acceptors (Lipinski definition) is 4. The van der Waals surface area contributed by atoms with Crippen LogP contribution in [0.5, 0.6) is 11.5 Å². The van der Waals surface area contributed by atoms with Gasteiger partial charge in [0.2, 0.25) is 0 Å². The molecule has 0 aliphatic carbocycles. The number of carbonyl (C=O) groups excluding carboxylic acids is 1. The first-order valence-electron chi connectivity index (χ1n) is 10.9. The summed E-state index contributed by atoms with van der Waals surface area (Å²) >= 11 is 0. The maximum atomic E-state index is 12.7. The average Bonchev–Trinajstić information content (AvgIpc) is 3.46.